The molecule has 2 rings (SSSR count). The van der Waals surface area contributed by atoms with Crippen molar-refractivity contribution in [1.29, 1.82) is 0 Å². The molecule has 1 aromatic carbocycles. The lowest BCUT2D eigenvalue weighted by Crippen LogP contribution is -2.04. The molecule has 0 spiro atoms. The number of halogens is 4. The first kappa shape index (κ1) is 13.4. The van der Waals surface area contributed by atoms with Crippen molar-refractivity contribution in [2.24, 2.45) is 0 Å². The molecule has 0 N–H and O–H groups in total. The highest BCUT2D eigenvalue weighted by atomic mass is 79.9. The number of ether oxygens (including phenoxy) is 1. The molecule has 0 aliphatic heterocycles. The first-order valence-corrected chi connectivity index (χ1v) is 6.66. The second-order valence-corrected chi connectivity index (χ2v) is 5.36. The van der Waals surface area contributed by atoms with Crippen molar-refractivity contribution in [3.63, 3.8) is 0 Å². The van der Waals surface area contributed by atoms with Crippen LogP contribution in [0.25, 0.3) is 0 Å². The average molecular weight is 337 g/mol. The summed E-state index contributed by atoms with van der Waals surface area (Å²) in [6.45, 7) is 0.337. The zero-order valence-electron chi connectivity index (χ0n) is 9.00. The van der Waals surface area contributed by atoms with Gasteiger partial charge in [-0.05, 0) is 51.6 Å². The Morgan fingerprint density at radius 2 is 1.78 bits per heavy atom. The molecule has 6 heteroatoms. The zero-order chi connectivity index (χ0) is 13.2. The van der Waals surface area contributed by atoms with Crippen LogP contribution in [-0.4, -0.2) is 0 Å². The van der Waals surface area contributed by atoms with E-state index in [2.05, 4.69) is 15.9 Å². The van der Waals surface area contributed by atoms with E-state index < -0.39 is 11.7 Å². The van der Waals surface area contributed by atoms with Gasteiger partial charge >= 0.3 is 6.18 Å². The molecule has 0 bridgehead atoms. The highest BCUT2D eigenvalue weighted by Gasteiger charge is 2.29. The largest absolute Gasteiger partial charge is 0.488 e. The maximum atomic E-state index is 12.3. The molecule has 1 aromatic heterocycles. The zero-order valence-corrected chi connectivity index (χ0v) is 11.4. The summed E-state index contributed by atoms with van der Waals surface area (Å²) in [6, 6.07) is 6.57. The highest BCUT2D eigenvalue weighted by molar-refractivity contribution is 9.10. The number of rotatable bonds is 3. The van der Waals surface area contributed by atoms with Gasteiger partial charge in [-0.25, -0.2) is 0 Å². The SMILES string of the molecule is FC(F)(F)c1ccc(OCc2sccc2Br)cc1. The summed E-state index contributed by atoms with van der Waals surface area (Å²) in [4.78, 5) is 0.995. The molecule has 0 aliphatic carbocycles. The third-order valence-corrected chi connectivity index (χ3v) is 4.14. The van der Waals surface area contributed by atoms with Gasteiger partial charge < -0.3 is 4.74 Å². The summed E-state index contributed by atoms with van der Waals surface area (Å²) >= 11 is 4.88. The fourth-order valence-corrected chi connectivity index (χ4v) is 2.70. The van der Waals surface area contributed by atoms with Crippen LogP contribution in [0.5, 0.6) is 5.75 Å². The summed E-state index contributed by atoms with van der Waals surface area (Å²) < 4.78 is 43.4. The van der Waals surface area contributed by atoms with Crippen LogP contribution in [0.1, 0.15) is 10.4 Å². The number of hydrogen-bond donors (Lipinski definition) is 0. The molecule has 18 heavy (non-hydrogen) atoms. The number of hydrogen-bond acceptors (Lipinski definition) is 2. The lowest BCUT2D eigenvalue weighted by molar-refractivity contribution is -0.137. The van der Waals surface area contributed by atoms with Crippen LogP contribution < -0.4 is 4.74 Å². The third kappa shape index (κ3) is 3.26. The standard InChI is InChI=1S/C12H8BrF3OS/c13-10-5-6-18-11(10)7-17-9-3-1-8(2-4-9)12(14,15)16/h1-6H,7H2. The number of alkyl halides is 3. The predicted molar refractivity (Wildman–Crippen MR) is 67.8 cm³/mol. The van der Waals surface area contributed by atoms with E-state index in [1.54, 1.807) is 0 Å². The van der Waals surface area contributed by atoms with Gasteiger partial charge in [-0.1, -0.05) is 0 Å². The second-order valence-electron chi connectivity index (χ2n) is 3.50. The van der Waals surface area contributed by atoms with Crippen LogP contribution in [0.4, 0.5) is 13.2 Å². The average Bonchev–Trinajstić information content (AvgIpc) is 2.72. The molecule has 0 atom stereocenters. The van der Waals surface area contributed by atoms with Crippen LogP contribution in [0.3, 0.4) is 0 Å². The van der Waals surface area contributed by atoms with Gasteiger partial charge in [0.05, 0.1) is 10.4 Å². The molecular weight excluding hydrogens is 329 g/mol. The van der Waals surface area contributed by atoms with Gasteiger partial charge in [-0.15, -0.1) is 11.3 Å². The third-order valence-electron chi connectivity index (χ3n) is 2.24. The Bertz CT molecular complexity index is 519. The maximum Gasteiger partial charge on any atom is 0.416 e. The monoisotopic (exact) mass is 336 g/mol. The van der Waals surface area contributed by atoms with Crippen molar-refractivity contribution in [3.8, 4) is 5.75 Å². The maximum absolute atomic E-state index is 12.3. The van der Waals surface area contributed by atoms with E-state index in [1.807, 2.05) is 11.4 Å². The first-order valence-electron chi connectivity index (χ1n) is 4.99. The van der Waals surface area contributed by atoms with Crippen molar-refractivity contribution in [3.05, 3.63) is 50.6 Å². The number of thiophene rings is 1. The van der Waals surface area contributed by atoms with Crippen molar-refractivity contribution >= 4 is 27.3 Å². The van der Waals surface area contributed by atoms with E-state index >= 15 is 0 Å². The molecule has 0 amide bonds. The fraction of sp³-hybridized carbons (Fsp3) is 0.167. The molecular formula is C12H8BrF3OS. The summed E-state index contributed by atoms with van der Waals surface area (Å²) in [5.41, 5.74) is -0.674. The Morgan fingerprint density at radius 1 is 1.11 bits per heavy atom. The van der Waals surface area contributed by atoms with Gasteiger partial charge in [0.1, 0.15) is 12.4 Å². The molecule has 0 unspecified atom stereocenters. The molecule has 1 nitrogen and oxygen atoms in total. The van der Waals surface area contributed by atoms with Crippen LogP contribution in [0.15, 0.2) is 40.2 Å². The van der Waals surface area contributed by atoms with E-state index in [9.17, 15) is 13.2 Å². The Hall–Kier alpha value is -1.01. The van der Waals surface area contributed by atoms with Crippen molar-refractivity contribution < 1.29 is 17.9 Å². The lowest BCUT2D eigenvalue weighted by Gasteiger charge is -2.08. The Balaban J connectivity index is 2.01. The van der Waals surface area contributed by atoms with Gasteiger partial charge in [-0.3, -0.25) is 0 Å². The molecule has 2 aromatic rings. The molecule has 0 radical (unpaired) electrons. The summed E-state index contributed by atoms with van der Waals surface area (Å²) in [5, 5.41) is 1.91. The Labute approximate surface area is 114 Å². The van der Waals surface area contributed by atoms with Crippen molar-refractivity contribution in [1.82, 2.24) is 0 Å². The molecule has 0 saturated carbocycles. The molecule has 0 aliphatic rings. The molecule has 0 saturated heterocycles. The fourth-order valence-electron chi connectivity index (χ4n) is 1.32. The quantitative estimate of drug-likeness (QED) is 0.756. The normalized spacial score (nSPS) is 11.6. The second kappa shape index (κ2) is 5.32. The summed E-state index contributed by atoms with van der Waals surface area (Å²) in [7, 11) is 0. The topological polar surface area (TPSA) is 9.23 Å². The van der Waals surface area contributed by atoms with Crippen LogP contribution in [-0.2, 0) is 12.8 Å². The summed E-state index contributed by atoms with van der Waals surface area (Å²) in [5.74, 6) is 0.420. The predicted octanol–water partition coefficient (Wildman–Crippen LogP) is 5.11. The van der Waals surface area contributed by atoms with E-state index in [4.69, 9.17) is 4.74 Å². The Morgan fingerprint density at radius 3 is 2.28 bits per heavy atom. The molecule has 0 fully saturated rings. The molecule has 96 valence electrons. The smallest absolute Gasteiger partial charge is 0.416 e. The van der Waals surface area contributed by atoms with Crippen molar-refractivity contribution in [2.45, 2.75) is 12.8 Å². The minimum Gasteiger partial charge on any atom is -0.488 e. The minimum absolute atomic E-state index is 0.337. The summed E-state index contributed by atoms with van der Waals surface area (Å²) in [6.07, 6.45) is -4.31. The van der Waals surface area contributed by atoms with Gasteiger partial charge in [0.25, 0.3) is 0 Å². The highest BCUT2D eigenvalue weighted by Crippen LogP contribution is 2.30. The molecule has 1 heterocycles. The van der Waals surface area contributed by atoms with Gasteiger partial charge in [0.15, 0.2) is 0 Å². The van der Waals surface area contributed by atoms with E-state index in [1.165, 1.54) is 23.5 Å². The van der Waals surface area contributed by atoms with Crippen LogP contribution >= 0.6 is 27.3 Å². The van der Waals surface area contributed by atoms with E-state index in [-0.39, 0.29) is 0 Å². The Kier molecular flexibility index (Phi) is 3.97. The van der Waals surface area contributed by atoms with Crippen LogP contribution in [0.2, 0.25) is 0 Å². The lowest BCUT2D eigenvalue weighted by atomic mass is 10.2. The van der Waals surface area contributed by atoms with Gasteiger partial charge in [0.2, 0.25) is 0 Å². The van der Waals surface area contributed by atoms with Gasteiger partial charge in [-0.2, -0.15) is 13.2 Å². The van der Waals surface area contributed by atoms with E-state index in [0.717, 1.165) is 21.5 Å². The van der Waals surface area contributed by atoms with Gasteiger partial charge in [0, 0.05) is 4.47 Å². The van der Waals surface area contributed by atoms with Crippen LogP contribution in [0, 0.1) is 0 Å². The number of benzene rings is 1. The van der Waals surface area contributed by atoms with Crippen molar-refractivity contribution in [2.75, 3.05) is 0 Å². The van der Waals surface area contributed by atoms with E-state index in [0.29, 0.717) is 12.4 Å². The first-order chi connectivity index (χ1) is 8.47. The minimum atomic E-state index is -4.31.